The fraction of sp³-hybridized carbons (Fsp3) is 0.273. The lowest BCUT2D eigenvalue weighted by Crippen LogP contribution is -2.53. The molecule has 43 heavy (non-hydrogen) atoms. The van der Waals surface area contributed by atoms with Gasteiger partial charge in [-0.25, -0.2) is 23.5 Å². The Morgan fingerprint density at radius 1 is 0.884 bits per heavy atom. The average molecular weight is 578 g/mol. The number of benzene rings is 3. The SMILES string of the molecule is Cc1ccc(NN2C(=O)[C@@H]3C[C@@H]4C(=CCn5c(=O)n(C)c(=O)n54)[C@H](c4cccc(C)c4O)[C@]3(c3ccccc3)C2=O)cc1. The number of aryl methyl sites for hydroxylation is 2. The normalized spacial score (nSPS) is 24.3. The Balaban J connectivity index is 1.52. The Bertz CT molecular complexity index is 1950. The van der Waals surface area contributed by atoms with E-state index in [9.17, 15) is 24.3 Å². The standard InChI is InChI=1S/C33H31N5O5/c1-19-12-14-22(15-13-19)34-37-29(40)25-18-26-23(16-17-36-31(42)35(3)32(43)38(26)36)27(24-11-7-8-20(2)28(24)39)33(25,30(37)41)21-9-5-4-6-10-21/h4-16,25-27,34,39H,17-18H2,1-3H3/t25-,26+,27+,33+/m0/s1. The lowest BCUT2D eigenvalue weighted by atomic mass is 9.53. The van der Waals surface area contributed by atoms with Gasteiger partial charge in [0.25, 0.3) is 11.8 Å². The molecule has 3 heterocycles. The van der Waals surface area contributed by atoms with E-state index in [2.05, 4.69) is 5.43 Å². The lowest BCUT2D eigenvalue weighted by molar-refractivity contribution is -0.138. The molecule has 3 aromatic carbocycles. The smallest absolute Gasteiger partial charge is 0.347 e. The van der Waals surface area contributed by atoms with Gasteiger partial charge in [-0.1, -0.05) is 72.3 Å². The number of rotatable bonds is 4. The van der Waals surface area contributed by atoms with Crippen molar-refractivity contribution in [3.63, 3.8) is 0 Å². The number of nitrogens with one attached hydrogen (secondary N) is 1. The van der Waals surface area contributed by atoms with Crippen molar-refractivity contribution in [3.05, 3.63) is 128 Å². The summed E-state index contributed by atoms with van der Waals surface area (Å²) in [5.41, 5.74) is 4.75. The van der Waals surface area contributed by atoms with Crippen molar-refractivity contribution in [3.8, 4) is 5.75 Å². The van der Waals surface area contributed by atoms with Gasteiger partial charge < -0.3 is 5.11 Å². The maximum absolute atomic E-state index is 15.0. The number of aromatic nitrogens is 3. The van der Waals surface area contributed by atoms with Crippen molar-refractivity contribution >= 4 is 17.5 Å². The van der Waals surface area contributed by atoms with Crippen LogP contribution in [0.15, 0.2) is 94.0 Å². The fourth-order valence-corrected chi connectivity index (χ4v) is 7.38. The highest BCUT2D eigenvalue weighted by Crippen LogP contribution is 2.62. The first-order chi connectivity index (χ1) is 20.7. The van der Waals surface area contributed by atoms with Crippen molar-refractivity contribution in [2.24, 2.45) is 13.0 Å². The highest BCUT2D eigenvalue weighted by molar-refractivity contribution is 6.12. The van der Waals surface area contributed by atoms with Gasteiger partial charge in [-0.15, -0.1) is 0 Å². The van der Waals surface area contributed by atoms with Gasteiger partial charge in [-0.05, 0) is 49.1 Å². The summed E-state index contributed by atoms with van der Waals surface area (Å²) >= 11 is 0. The van der Waals surface area contributed by atoms with E-state index in [0.717, 1.165) is 15.1 Å². The largest absolute Gasteiger partial charge is 0.507 e. The van der Waals surface area contributed by atoms with Crippen LogP contribution in [0.3, 0.4) is 0 Å². The second-order valence-corrected chi connectivity index (χ2v) is 11.7. The van der Waals surface area contributed by atoms with Crippen LogP contribution in [0.1, 0.15) is 40.6 Å². The maximum atomic E-state index is 15.0. The molecular formula is C33H31N5O5. The van der Waals surface area contributed by atoms with Crippen molar-refractivity contribution < 1.29 is 14.7 Å². The van der Waals surface area contributed by atoms with E-state index < -0.39 is 46.5 Å². The first kappa shape index (κ1) is 26.8. The highest BCUT2D eigenvalue weighted by Gasteiger charge is 2.69. The number of carbonyl (C=O) groups is 2. The number of hydrogen-bond donors (Lipinski definition) is 2. The molecule has 2 amide bonds. The summed E-state index contributed by atoms with van der Waals surface area (Å²) in [5.74, 6) is -2.58. The van der Waals surface area contributed by atoms with Gasteiger partial charge in [0.2, 0.25) is 0 Å². The number of allylic oxidation sites excluding steroid dienone is 2. The minimum atomic E-state index is -1.44. The second kappa shape index (κ2) is 9.45. The molecule has 218 valence electrons. The van der Waals surface area contributed by atoms with Crippen molar-refractivity contribution in [1.82, 2.24) is 18.9 Å². The van der Waals surface area contributed by atoms with Crippen LogP contribution in [-0.2, 0) is 28.6 Å². The van der Waals surface area contributed by atoms with E-state index in [-0.39, 0.29) is 18.7 Å². The molecule has 1 saturated carbocycles. The number of fused-ring (bicyclic) bond motifs is 4. The minimum absolute atomic E-state index is 0.0247. The molecule has 3 aliphatic rings. The molecule has 0 bridgehead atoms. The summed E-state index contributed by atoms with van der Waals surface area (Å²) in [6.45, 7) is 3.86. The number of anilines is 1. The van der Waals surface area contributed by atoms with Crippen molar-refractivity contribution in [2.45, 2.75) is 44.2 Å². The Kier molecular flexibility index (Phi) is 5.88. The van der Waals surface area contributed by atoms with Crippen LogP contribution in [0.2, 0.25) is 0 Å². The molecule has 2 N–H and O–H groups in total. The van der Waals surface area contributed by atoms with Crippen molar-refractivity contribution in [2.75, 3.05) is 5.43 Å². The first-order valence-electron chi connectivity index (χ1n) is 14.3. The molecule has 4 atom stereocenters. The molecule has 1 aliphatic carbocycles. The third-order valence-corrected chi connectivity index (χ3v) is 9.43. The van der Waals surface area contributed by atoms with Crippen LogP contribution in [0.5, 0.6) is 5.75 Å². The molecule has 7 rings (SSSR count). The first-order valence-corrected chi connectivity index (χ1v) is 14.3. The number of nitrogens with zero attached hydrogens (tertiary/aromatic N) is 4. The topological polar surface area (TPSA) is 119 Å². The maximum Gasteiger partial charge on any atom is 0.347 e. The van der Waals surface area contributed by atoms with E-state index in [4.69, 9.17) is 0 Å². The van der Waals surface area contributed by atoms with Gasteiger partial charge in [0, 0.05) is 18.5 Å². The van der Waals surface area contributed by atoms with Gasteiger partial charge in [0.15, 0.2) is 0 Å². The summed E-state index contributed by atoms with van der Waals surface area (Å²) in [4.78, 5) is 55.8. The van der Waals surface area contributed by atoms with Crippen LogP contribution in [0.4, 0.5) is 5.69 Å². The molecule has 1 saturated heterocycles. The number of aromatic hydroxyl groups is 1. The summed E-state index contributed by atoms with van der Waals surface area (Å²) < 4.78 is 3.85. The quantitative estimate of drug-likeness (QED) is 0.284. The number of hydrogen-bond acceptors (Lipinski definition) is 6. The molecule has 2 aliphatic heterocycles. The molecule has 1 aromatic heterocycles. The van der Waals surface area contributed by atoms with Gasteiger partial charge in [-0.3, -0.25) is 15.0 Å². The lowest BCUT2D eigenvalue weighted by Gasteiger charge is -2.49. The zero-order valence-electron chi connectivity index (χ0n) is 24.0. The number of para-hydroxylation sites is 1. The number of phenolic OH excluding ortho intramolecular Hbond substituents is 1. The van der Waals surface area contributed by atoms with Crippen molar-refractivity contribution in [1.29, 1.82) is 0 Å². The van der Waals surface area contributed by atoms with Gasteiger partial charge in [0.05, 0.1) is 29.6 Å². The van der Waals surface area contributed by atoms with Crippen LogP contribution < -0.4 is 16.8 Å². The highest BCUT2D eigenvalue weighted by atomic mass is 16.3. The minimum Gasteiger partial charge on any atom is -0.507 e. The summed E-state index contributed by atoms with van der Waals surface area (Å²) in [6.07, 6.45) is 2.00. The molecule has 0 radical (unpaired) electrons. The number of carbonyl (C=O) groups excluding carboxylic acids is 2. The Hall–Kier alpha value is -5.12. The molecule has 2 fully saturated rings. The van der Waals surface area contributed by atoms with Gasteiger partial charge >= 0.3 is 11.4 Å². The Labute approximate surface area is 247 Å². The molecule has 10 heteroatoms. The Morgan fingerprint density at radius 2 is 1.60 bits per heavy atom. The molecule has 0 spiro atoms. The number of imide groups is 1. The number of phenols is 1. The monoisotopic (exact) mass is 577 g/mol. The summed E-state index contributed by atoms with van der Waals surface area (Å²) in [5, 5.41) is 12.6. The average Bonchev–Trinajstić information content (AvgIpc) is 3.37. The van der Waals surface area contributed by atoms with Gasteiger partial charge in [0.1, 0.15) is 5.75 Å². The Morgan fingerprint density at radius 3 is 2.33 bits per heavy atom. The van der Waals surface area contributed by atoms with Crippen LogP contribution in [0, 0.1) is 19.8 Å². The van der Waals surface area contributed by atoms with E-state index >= 15 is 0 Å². The third-order valence-electron chi connectivity index (χ3n) is 9.43. The van der Waals surface area contributed by atoms with Crippen LogP contribution in [0.25, 0.3) is 0 Å². The van der Waals surface area contributed by atoms with E-state index in [0.29, 0.717) is 28.0 Å². The van der Waals surface area contributed by atoms with Crippen LogP contribution in [-0.4, -0.2) is 35.9 Å². The zero-order valence-corrected chi connectivity index (χ0v) is 24.0. The molecular weight excluding hydrogens is 546 g/mol. The molecule has 0 unspecified atom stereocenters. The number of hydrazine groups is 1. The van der Waals surface area contributed by atoms with Crippen LogP contribution >= 0.6 is 0 Å². The van der Waals surface area contributed by atoms with E-state index in [1.54, 1.807) is 31.2 Å². The summed E-state index contributed by atoms with van der Waals surface area (Å²) in [6, 6.07) is 21.3. The van der Waals surface area contributed by atoms with Gasteiger partial charge in [-0.2, -0.15) is 5.01 Å². The molecule has 10 nitrogen and oxygen atoms in total. The molecule has 4 aromatic rings. The summed E-state index contributed by atoms with van der Waals surface area (Å²) in [7, 11) is 1.43. The second-order valence-electron chi connectivity index (χ2n) is 11.7. The predicted octanol–water partition coefficient (Wildman–Crippen LogP) is 3.29. The fourth-order valence-electron chi connectivity index (χ4n) is 7.38. The van der Waals surface area contributed by atoms with E-state index in [1.807, 2.05) is 61.5 Å². The van der Waals surface area contributed by atoms with E-state index in [1.165, 1.54) is 16.4 Å². The predicted molar refractivity (Wildman–Crippen MR) is 160 cm³/mol. The zero-order chi connectivity index (χ0) is 30.2. The number of amides is 2. The third kappa shape index (κ3) is 3.58.